The van der Waals surface area contributed by atoms with Gasteiger partial charge < -0.3 is 40.7 Å². The van der Waals surface area contributed by atoms with E-state index in [1.165, 1.54) is 15.9 Å². The number of likely N-dealkylation sites (N-methyl/N-ethyl adjacent to an activating group) is 1. The summed E-state index contributed by atoms with van der Waals surface area (Å²) in [4.78, 5) is 68.5. The maximum absolute atomic E-state index is 13.9. The molecule has 6 atom stereocenters. The van der Waals surface area contributed by atoms with Gasteiger partial charge in [-0.2, -0.15) is 0 Å². The first-order chi connectivity index (χ1) is 18.8. The number of aliphatic hydroxyl groups is 3. The monoisotopic (exact) mass is 557 g/mol. The van der Waals surface area contributed by atoms with Gasteiger partial charge in [0.25, 0.3) is 11.7 Å². The van der Waals surface area contributed by atoms with E-state index in [2.05, 4.69) is 0 Å². The quantitative estimate of drug-likeness (QED) is 0.158. The third-order valence-corrected chi connectivity index (χ3v) is 8.71. The molecule has 1 aromatic rings. The minimum atomic E-state index is -2.78. The third-order valence-electron chi connectivity index (χ3n) is 8.71. The smallest absolute Gasteiger partial charge is 0.295 e. The largest absolute Gasteiger partial charge is 0.507 e. The molecule has 5 rings (SSSR count). The molecule has 2 amide bonds. The van der Waals surface area contributed by atoms with E-state index >= 15 is 0 Å². The van der Waals surface area contributed by atoms with E-state index in [0.29, 0.717) is 0 Å². The highest BCUT2D eigenvalue weighted by atomic mass is 16.5. The number of hydrogen-bond acceptors (Lipinski definition) is 11. The number of ether oxygens (including phenoxy) is 1. The fourth-order valence-electron chi connectivity index (χ4n) is 6.84. The molecule has 1 aromatic carbocycles. The predicted molar refractivity (Wildman–Crippen MR) is 136 cm³/mol. The summed E-state index contributed by atoms with van der Waals surface area (Å²) in [5.41, 5.74) is 2.11. The molecule has 0 aromatic heterocycles. The molecule has 3 fully saturated rings. The number of phenolic OH excluding ortho intramolecular Hbond substituents is 1. The Hall–Kier alpha value is -3.65. The number of hydrogen-bond donors (Lipinski definition) is 5. The van der Waals surface area contributed by atoms with Crippen LogP contribution in [0, 0.1) is 17.8 Å². The Morgan fingerprint density at radius 2 is 1.77 bits per heavy atom. The van der Waals surface area contributed by atoms with Gasteiger partial charge >= 0.3 is 0 Å². The maximum atomic E-state index is 13.9. The highest BCUT2D eigenvalue weighted by molar-refractivity contribution is 6.43. The second-order valence-electron chi connectivity index (χ2n) is 11.0. The van der Waals surface area contributed by atoms with Gasteiger partial charge in [-0.1, -0.05) is 0 Å². The SMILES string of the molecule is CN(C)C1C(O)C(C(N)=O)C(=O)[C@]2(O)C(=O)C3=C(O)c4c(O)ccc(C(=O)C(=O)N5CCOCC5)c4C[C@@H]3C[C@H]12. The average Bonchev–Trinajstić information content (AvgIpc) is 2.90. The van der Waals surface area contributed by atoms with E-state index in [1.807, 2.05) is 0 Å². The fraction of sp³-hybridized carbons (Fsp3) is 0.519. The van der Waals surface area contributed by atoms with Crippen LogP contribution in [-0.2, 0) is 30.3 Å². The number of morpholine rings is 1. The van der Waals surface area contributed by atoms with Gasteiger partial charge in [-0.05, 0) is 50.6 Å². The summed E-state index contributed by atoms with van der Waals surface area (Å²) in [6.07, 6.45) is -1.79. The number of amides is 2. The number of carbonyl (C=O) groups excluding carboxylic acids is 5. The molecule has 13 heteroatoms. The zero-order valence-electron chi connectivity index (χ0n) is 22.0. The van der Waals surface area contributed by atoms with Crippen molar-refractivity contribution in [1.82, 2.24) is 9.80 Å². The summed E-state index contributed by atoms with van der Waals surface area (Å²) in [6, 6.07) is 1.36. The van der Waals surface area contributed by atoms with E-state index in [-0.39, 0.29) is 61.4 Å². The lowest BCUT2D eigenvalue weighted by Crippen LogP contribution is -2.73. The Morgan fingerprint density at radius 1 is 1.12 bits per heavy atom. The van der Waals surface area contributed by atoms with Crippen molar-refractivity contribution in [2.75, 3.05) is 40.4 Å². The van der Waals surface area contributed by atoms with E-state index in [1.54, 1.807) is 14.1 Å². The van der Waals surface area contributed by atoms with Gasteiger partial charge in [-0.15, -0.1) is 0 Å². The normalized spacial score (nSPS) is 31.9. The maximum Gasteiger partial charge on any atom is 0.295 e. The number of nitrogens with two attached hydrogens (primary N) is 1. The second kappa shape index (κ2) is 9.77. The zero-order chi connectivity index (χ0) is 29.3. The van der Waals surface area contributed by atoms with Crippen LogP contribution in [0.1, 0.15) is 27.9 Å². The molecule has 0 radical (unpaired) electrons. The van der Waals surface area contributed by atoms with Crippen molar-refractivity contribution in [2.45, 2.75) is 30.6 Å². The van der Waals surface area contributed by atoms with Gasteiger partial charge in [0.05, 0.1) is 24.9 Å². The fourth-order valence-corrected chi connectivity index (χ4v) is 6.84. The molecule has 13 nitrogen and oxygen atoms in total. The summed E-state index contributed by atoms with van der Waals surface area (Å²) < 4.78 is 5.24. The second-order valence-corrected chi connectivity index (χ2v) is 11.0. The Labute approximate surface area is 228 Å². The van der Waals surface area contributed by atoms with Gasteiger partial charge in [-0.3, -0.25) is 24.0 Å². The van der Waals surface area contributed by atoms with E-state index in [4.69, 9.17) is 10.5 Å². The number of primary amides is 1. The summed E-state index contributed by atoms with van der Waals surface area (Å²) in [5, 5.41) is 44.5. The Morgan fingerprint density at radius 3 is 2.38 bits per heavy atom. The average molecular weight is 558 g/mol. The van der Waals surface area contributed by atoms with Crippen LogP contribution in [0.5, 0.6) is 5.75 Å². The molecule has 1 saturated heterocycles. The molecule has 1 heterocycles. The van der Waals surface area contributed by atoms with Crippen LogP contribution in [0.25, 0.3) is 5.76 Å². The van der Waals surface area contributed by atoms with Gasteiger partial charge in [0.1, 0.15) is 17.4 Å². The molecule has 3 unspecified atom stereocenters. The highest BCUT2D eigenvalue weighted by Gasteiger charge is 2.67. The Bertz CT molecular complexity index is 1360. The molecule has 1 aliphatic heterocycles. The first-order valence-corrected chi connectivity index (χ1v) is 13.0. The molecule has 4 aliphatic rings. The predicted octanol–water partition coefficient (Wildman–Crippen LogP) is -1.83. The number of phenols is 1. The minimum Gasteiger partial charge on any atom is -0.507 e. The van der Waals surface area contributed by atoms with Gasteiger partial charge in [0, 0.05) is 36.2 Å². The summed E-state index contributed by atoms with van der Waals surface area (Å²) in [5.74, 6) is -10.3. The number of carbonyl (C=O) groups is 5. The van der Waals surface area contributed by atoms with Crippen LogP contribution in [0.4, 0.5) is 0 Å². The van der Waals surface area contributed by atoms with Crippen molar-refractivity contribution in [3.8, 4) is 5.75 Å². The lowest BCUT2D eigenvalue weighted by atomic mass is 9.54. The molecule has 3 aliphatic carbocycles. The Balaban J connectivity index is 1.62. The number of aromatic hydroxyl groups is 1. The highest BCUT2D eigenvalue weighted by Crippen LogP contribution is 2.52. The molecule has 2 saturated carbocycles. The summed E-state index contributed by atoms with van der Waals surface area (Å²) in [7, 11) is 3.11. The summed E-state index contributed by atoms with van der Waals surface area (Å²) >= 11 is 0. The first-order valence-electron chi connectivity index (χ1n) is 13.0. The lowest BCUT2D eigenvalue weighted by Gasteiger charge is -2.53. The first kappa shape index (κ1) is 27.9. The topological polar surface area (TPSA) is 208 Å². The number of Topliss-reactive ketones (excluding diaryl/α,β-unsaturated/α-hetero) is 3. The molecule has 0 bridgehead atoms. The molecule has 214 valence electrons. The number of benzene rings is 1. The van der Waals surface area contributed by atoms with Crippen molar-refractivity contribution < 1.29 is 49.1 Å². The number of nitrogens with zero attached hydrogens (tertiary/aromatic N) is 2. The van der Waals surface area contributed by atoms with Gasteiger partial charge in [-0.25, -0.2) is 0 Å². The Kier molecular flexibility index (Phi) is 6.81. The lowest BCUT2D eigenvalue weighted by molar-refractivity contribution is -0.184. The van der Waals surface area contributed by atoms with Gasteiger partial charge in [0.2, 0.25) is 11.7 Å². The number of ketones is 3. The van der Waals surface area contributed by atoms with Gasteiger partial charge in [0.15, 0.2) is 11.4 Å². The van der Waals surface area contributed by atoms with E-state index < -0.39 is 76.2 Å². The van der Waals surface area contributed by atoms with Crippen LogP contribution in [-0.4, -0.2) is 118 Å². The van der Waals surface area contributed by atoms with Crippen LogP contribution in [0.2, 0.25) is 0 Å². The standard InChI is InChI=1S/C27H31N3O10/c1-29(2)19-14-10-11-9-13-12(20(32)26(38)30-5-7-40-8-6-30)3-4-15(31)17(13)21(33)16(11)23(35)27(14,39)24(36)18(22(19)34)25(28)37/h3-4,11,14,18-19,22,31,33-34,39H,5-10H2,1-2H3,(H2,28,37)/t11-,14-,18?,19?,22?,27-/m1/s1. The number of rotatable bonds is 4. The van der Waals surface area contributed by atoms with E-state index in [9.17, 15) is 44.4 Å². The van der Waals surface area contributed by atoms with Crippen LogP contribution in [0.15, 0.2) is 17.7 Å². The molecule has 6 N–H and O–H groups in total. The van der Waals surface area contributed by atoms with Crippen molar-refractivity contribution in [3.63, 3.8) is 0 Å². The van der Waals surface area contributed by atoms with Crippen LogP contribution < -0.4 is 5.73 Å². The molecule has 40 heavy (non-hydrogen) atoms. The third kappa shape index (κ3) is 3.87. The van der Waals surface area contributed by atoms with Crippen LogP contribution >= 0.6 is 0 Å². The van der Waals surface area contributed by atoms with Crippen molar-refractivity contribution >= 4 is 34.9 Å². The van der Waals surface area contributed by atoms with Crippen molar-refractivity contribution in [2.24, 2.45) is 23.5 Å². The van der Waals surface area contributed by atoms with Crippen molar-refractivity contribution in [1.29, 1.82) is 0 Å². The zero-order valence-corrected chi connectivity index (χ0v) is 22.0. The molecule has 0 spiro atoms. The van der Waals surface area contributed by atoms with E-state index in [0.717, 1.165) is 6.07 Å². The minimum absolute atomic E-state index is 0.0547. The summed E-state index contributed by atoms with van der Waals surface area (Å²) in [6.45, 7) is 1.02. The molecular formula is C27H31N3O10. The number of aliphatic hydroxyl groups excluding tert-OH is 2. The number of fused-ring (bicyclic) bond motifs is 3. The van der Waals surface area contributed by atoms with Crippen LogP contribution in [0.3, 0.4) is 0 Å². The van der Waals surface area contributed by atoms with Crippen molar-refractivity contribution in [3.05, 3.63) is 34.4 Å². The molecular weight excluding hydrogens is 526 g/mol.